The maximum Gasteiger partial charge on any atom is 0.279 e. The Balaban J connectivity index is 1.56. The summed E-state index contributed by atoms with van der Waals surface area (Å²) in [5.41, 5.74) is 2.55. The molecule has 12 heteroatoms. The van der Waals surface area contributed by atoms with Crippen LogP contribution in [0.25, 0.3) is 22.4 Å². The van der Waals surface area contributed by atoms with Gasteiger partial charge in [0.15, 0.2) is 16.5 Å². The number of ether oxygens (including phenoxy) is 1. The number of H-pyrrole nitrogens is 1. The van der Waals surface area contributed by atoms with Crippen LogP contribution in [0.3, 0.4) is 0 Å². The molecule has 0 saturated heterocycles. The molecule has 0 aliphatic carbocycles. The zero-order valence-electron chi connectivity index (χ0n) is 20.9. The lowest BCUT2D eigenvalue weighted by atomic mass is 10.2. The van der Waals surface area contributed by atoms with Crippen LogP contribution in [0.15, 0.2) is 47.6 Å². The SMILES string of the molecule is Cc1[nH]nc2nc(-c3ccc(NS(=O)(=O)c4cc(OC(C)C)ccn4)cc3)nc(NCCN(C)C)c12. The number of aryl methyl sites for hydroxylation is 1. The second-order valence-electron chi connectivity index (χ2n) is 8.85. The summed E-state index contributed by atoms with van der Waals surface area (Å²) in [6, 6.07) is 9.85. The van der Waals surface area contributed by atoms with Crippen molar-refractivity contribution in [3.8, 4) is 17.1 Å². The molecule has 11 nitrogen and oxygen atoms in total. The number of nitrogens with zero attached hydrogens (tertiary/aromatic N) is 5. The van der Waals surface area contributed by atoms with E-state index < -0.39 is 10.0 Å². The van der Waals surface area contributed by atoms with Crippen LogP contribution >= 0.6 is 0 Å². The zero-order chi connectivity index (χ0) is 25.9. The number of aromatic nitrogens is 5. The van der Waals surface area contributed by atoms with Crippen molar-refractivity contribution in [2.24, 2.45) is 0 Å². The van der Waals surface area contributed by atoms with E-state index in [0.29, 0.717) is 35.3 Å². The van der Waals surface area contributed by atoms with Crippen LogP contribution in [-0.4, -0.2) is 71.8 Å². The smallest absolute Gasteiger partial charge is 0.279 e. The number of fused-ring (bicyclic) bond motifs is 1. The molecule has 36 heavy (non-hydrogen) atoms. The average molecular weight is 511 g/mol. The molecule has 0 aliphatic rings. The van der Waals surface area contributed by atoms with Gasteiger partial charge >= 0.3 is 0 Å². The Hall–Kier alpha value is -3.77. The summed E-state index contributed by atoms with van der Waals surface area (Å²) in [6.45, 7) is 7.21. The summed E-state index contributed by atoms with van der Waals surface area (Å²) in [5.74, 6) is 1.62. The molecule has 3 N–H and O–H groups in total. The number of hydrogen-bond acceptors (Lipinski definition) is 9. The fourth-order valence-corrected chi connectivity index (χ4v) is 4.52. The first kappa shape index (κ1) is 25.3. The third-order valence-electron chi connectivity index (χ3n) is 5.19. The van der Waals surface area contributed by atoms with Crippen molar-refractivity contribution in [2.75, 3.05) is 37.2 Å². The topological polar surface area (TPSA) is 138 Å². The molecule has 0 spiro atoms. The van der Waals surface area contributed by atoms with Crippen molar-refractivity contribution in [1.82, 2.24) is 30.0 Å². The monoisotopic (exact) mass is 510 g/mol. The fraction of sp³-hybridized carbons (Fsp3) is 0.333. The van der Waals surface area contributed by atoms with E-state index in [2.05, 4.69) is 35.1 Å². The standard InChI is InChI=1S/C24H30N8O3S/c1-15(2)35-19-10-11-25-20(14-19)36(33,34)31-18-8-6-17(7-9-18)22-27-23(26-12-13-32(4)5)21-16(3)29-30-24(21)28-22/h6-11,14-15,31H,12-13H2,1-5H3,(H2,26,27,28,29,30). The molecule has 4 aromatic rings. The maximum atomic E-state index is 12.9. The van der Waals surface area contributed by atoms with Gasteiger partial charge < -0.3 is 15.0 Å². The molecule has 0 amide bonds. The predicted molar refractivity (Wildman–Crippen MR) is 140 cm³/mol. The van der Waals surface area contributed by atoms with Crippen LogP contribution in [0.4, 0.5) is 11.5 Å². The van der Waals surface area contributed by atoms with Crippen molar-refractivity contribution >= 4 is 32.6 Å². The minimum absolute atomic E-state index is 0.0843. The average Bonchev–Trinajstić information content (AvgIpc) is 3.19. The van der Waals surface area contributed by atoms with Crippen LogP contribution in [0.1, 0.15) is 19.5 Å². The van der Waals surface area contributed by atoms with E-state index in [1.165, 1.54) is 12.3 Å². The van der Waals surface area contributed by atoms with Gasteiger partial charge in [-0.25, -0.2) is 15.0 Å². The van der Waals surface area contributed by atoms with Crippen molar-refractivity contribution < 1.29 is 13.2 Å². The summed E-state index contributed by atoms with van der Waals surface area (Å²) >= 11 is 0. The summed E-state index contributed by atoms with van der Waals surface area (Å²) in [5, 5.41) is 11.4. The number of aromatic amines is 1. The first-order chi connectivity index (χ1) is 17.1. The van der Waals surface area contributed by atoms with Crippen LogP contribution in [0, 0.1) is 6.92 Å². The summed E-state index contributed by atoms with van der Waals surface area (Å²) in [7, 11) is 0.116. The molecular formula is C24H30N8O3S. The third kappa shape index (κ3) is 5.89. The fourth-order valence-electron chi connectivity index (χ4n) is 3.50. The molecule has 0 fully saturated rings. The number of hydrogen-bond donors (Lipinski definition) is 3. The molecule has 0 atom stereocenters. The molecule has 0 bridgehead atoms. The molecule has 190 valence electrons. The van der Waals surface area contributed by atoms with E-state index >= 15 is 0 Å². The van der Waals surface area contributed by atoms with Gasteiger partial charge in [-0.15, -0.1) is 0 Å². The van der Waals surface area contributed by atoms with Gasteiger partial charge in [0.1, 0.15) is 11.6 Å². The number of benzene rings is 1. The summed E-state index contributed by atoms with van der Waals surface area (Å²) in [6.07, 6.45) is 1.32. The van der Waals surface area contributed by atoms with Crippen LogP contribution < -0.4 is 14.8 Å². The highest BCUT2D eigenvalue weighted by atomic mass is 32.2. The lowest BCUT2D eigenvalue weighted by molar-refractivity contribution is 0.241. The van der Waals surface area contributed by atoms with E-state index in [-0.39, 0.29) is 11.1 Å². The lowest BCUT2D eigenvalue weighted by Crippen LogP contribution is -2.21. The summed E-state index contributed by atoms with van der Waals surface area (Å²) < 4.78 is 33.9. The van der Waals surface area contributed by atoms with Gasteiger partial charge in [0.2, 0.25) is 0 Å². The van der Waals surface area contributed by atoms with E-state index in [9.17, 15) is 8.42 Å². The molecule has 3 heterocycles. The largest absolute Gasteiger partial charge is 0.491 e. The van der Waals surface area contributed by atoms with Gasteiger partial charge in [-0.1, -0.05) is 0 Å². The Morgan fingerprint density at radius 3 is 2.56 bits per heavy atom. The molecule has 4 rings (SSSR count). The van der Waals surface area contributed by atoms with Crippen molar-refractivity contribution in [2.45, 2.75) is 31.9 Å². The first-order valence-electron chi connectivity index (χ1n) is 11.5. The number of likely N-dealkylation sites (N-methyl/N-ethyl adjacent to an activating group) is 1. The van der Waals surface area contributed by atoms with E-state index in [0.717, 1.165) is 23.2 Å². The Kier molecular flexibility index (Phi) is 7.36. The highest BCUT2D eigenvalue weighted by molar-refractivity contribution is 7.92. The van der Waals surface area contributed by atoms with Gasteiger partial charge in [-0.3, -0.25) is 9.82 Å². The number of sulfonamides is 1. The highest BCUT2D eigenvalue weighted by Gasteiger charge is 2.18. The molecule has 1 aromatic carbocycles. The van der Waals surface area contributed by atoms with Crippen LogP contribution in [0.2, 0.25) is 0 Å². The van der Waals surface area contributed by atoms with Crippen LogP contribution in [0.5, 0.6) is 5.75 Å². The zero-order valence-corrected chi connectivity index (χ0v) is 21.7. The second-order valence-corrected chi connectivity index (χ2v) is 10.5. The number of rotatable bonds is 10. The Labute approximate surface area is 210 Å². The third-order valence-corrected chi connectivity index (χ3v) is 6.47. The minimum atomic E-state index is -3.90. The molecule has 0 radical (unpaired) electrons. The quantitative estimate of drug-likeness (QED) is 0.293. The molecule has 0 aliphatic heterocycles. The van der Waals surface area contributed by atoms with E-state index in [1.807, 2.05) is 34.9 Å². The van der Waals surface area contributed by atoms with Gasteiger partial charge in [0, 0.05) is 42.3 Å². The van der Waals surface area contributed by atoms with Gasteiger partial charge in [0.05, 0.1) is 11.5 Å². The Morgan fingerprint density at radius 2 is 1.86 bits per heavy atom. The van der Waals surface area contributed by atoms with Crippen molar-refractivity contribution in [3.05, 3.63) is 48.3 Å². The van der Waals surface area contributed by atoms with E-state index in [1.54, 1.807) is 30.3 Å². The molecular weight excluding hydrogens is 480 g/mol. The number of nitrogens with one attached hydrogen (secondary N) is 3. The molecule has 3 aromatic heterocycles. The molecule has 0 saturated carbocycles. The maximum absolute atomic E-state index is 12.9. The van der Waals surface area contributed by atoms with Gasteiger partial charge in [-0.05, 0) is 65.2 Å². The van der Waals surface area contributed by atoms with Crippen LogP contribution in [-0.2, 0) is 10.0 Å². The minimum Gasteiger partial charge on any atom is -0.491 e. The molecule has 0 unspecified atom stereocenters. The van der Waals surface area contributed by atoms with Crippen molar-refractivity contribution in [1.29, 1.82) is 0 Å². The Morgan fingerprint density at radius 1 is 1.11 bits per heavy atom. The predicted octanol–water partition coefficient (Wildman–Crippen LogP) is 3.28. The normalized spacial score (nSPS) is 11.9. The lowest BCUT2D eigenvalue weighted by Gasteiger charge is -2.13. The first-order valence-corrected chi connectivity index (χ1v) is 13.0. The number of anilines is 2. The van der Waals surface area contributed by atoms with Crippen molar-refractivity contribution in [3.63, 3.8) is 0 Å². The van der Waals surface area contributed by atoms with Gasteiger partial charge in [-0.2, -0.15) is 13.5 Å². The van der Waals surface area contributed by atoms with E-state index in [4.69, 9.17) is 9.72 Å². The number of pyridine rings is 1. The second kappa shape index (κ2) is 10.5. The Bertz CT molecular complexity index is 1450. The summed E-state index contributed by atoms with van der Waals surface area (Å²) in [4.78, 5) is 15.4. The van der Waals surface area contributed by atoms with Gasteiger partial charge in [0.25, 0.3) is 10.0 Å². The highest BCUT2D eigenvalue weighted by Crippen LogP contribution is 2.27.